The van der Waals surface area contributed by atoms with Crippen LogP contribution in [0.3, 0.4) is 0 Å². The highest BCUT2D eigenvalue weighted by molar-refractivity contribution is 9.10. The van der Waals surface area contributed by atoms with Gasteiger partial charge in [0.2, 0.25) is 0 Å². The van der Waals surface area contributed by atoms with Crippen LogP contribution in [0.25, 0.3) is 0 Å². The minimum atomic E-state index is -0.0738. The monoisotopic (exact) mass is 313 g/mol. The number of carbonyl (C=O) groups is 1. The van der Waals surface area contributed by atoms with Crippen LogP contribution in [0.2, 0.25) is 0 Å². The van der Waals surface area contributed by atoms with Crippen LogP contribution in [-0.2, 0) is 0 Å². The van der Waals surface area contributed by atoms with Gasteiger partial charge in [-0.25, -0.2) is 0 Å². The molecule has 2 heterocycles. The van der Waals surface area contributed by atoms with Crippen molar-refractivity contribution in [3.05, 3.63) is 38.8 Å². The third kappa shape index (κ3) is 2.42. The molecule has 17 heavy (non-hydrogen) atoms. The van der Waals surface area contributed by atoms with E-state index in [-0.39, 0.29) is 11.9 Å². The molecule has 0 fully saturated rings. The predicted octanol–water partition coefficient (Wildman–Crippen LogP) is 3.07. The summed E-state index contributed by atoms with van der Waals surface area (Å²) in [6.07, 6.45) is 1.58. The molecule has 2 aromatic heterocycles. The molecule has 6 heteroatoms. The number of nitrogens with one attached hydrogen (secondary N) is 1. The normalized spacial score (nSPS) is 12.4. The number of amides is 1. The van der Waals surface area contributed by atoms with Gasteiger partial charge in [-0.1, -0.05) is 6.07 Å². The van der Waals surface area contributed by atoms with Gasteiger partial charge in [-0.3, -0.25) is 9.89 Å². The van der Waals surface area contributed by atoms with Crippen molar-refractivity contribution in [2.75, 3.05) is 7.05 Å². The number of nitrogens with zero attached hydrogens (tertiary/aromatic N) is 2. The highest BCUT2D eigenvalue weighted by Gasteiger charge is 2.22. The Hall–Kier alpha value is -1.14. The standard InChI is InChI=1S/C11H12BrN3OS/c1-7(9-4-3-5-17-9)15(2)11(16)10-8(12)6-13-14-10/h3-7H,1-2H3,(H,13,14). The van der Waals surface area contributed by atoms with Crippen LogP contribution in [0.4, 0.5) is 0 Å². The second kappa shape index (κ2) is 5.01. The third-order valence-electron chi connectivity index (χ3n) is 2.66. The summed E-state index contributed by atoms with van der Waals surface area (Å²) in [4.78, 5) is 15.1. The van der Waals surface area contributed by atoms with E-state index < -0.39 is 0 Å². The summed E-state index contributed by atoms with van der Waals surface area (Å²) in [7, 11) is 1.79. The summed E-state index contributed by atoms with van der Waals surface area (Å²) in [6, 6.07) is 4.07. The number of H-pyrrole nitrogens is 1. The molecule has 2 aromatic rings. The zero-order chi connectivity index (χ0) is 12.4. The fraction of sp³-hybridized carbons (Fsp3) is 0.273. The van der Waals surface area contributed by atoms with E-state index in [2.05, 4.69) is 26.1 Å². The largest absolute Gasteiger partial charge is 0.333 e. The highest BCUT2D eigenvalue weighted by Crippen LogP contribution is 2.25. The van der Waals surface area contributed by atoms with Gasteiger partial charge in [0.25, 0.3) is 5.91 Å². The molecule has 0 saturated carbocycles. The molecule has 0 spiro atoms. The van der Waals surface area contributed by atoms with Crippen molar-refractivity contribution in [2.24, 2.45) is 0 Å². The lowest BCUT2D eigenvalue weighted by atomic mass is 10.2. The average Bonchev–Trinajstić information content (AvgIpc) is 2.96. The van der Waals surface area contributed by atoms with Gasteiger partial charge in [-0.05, 0) is 34.3 Å². The van der Waals surface area contributed by atoms with E-state index in [0.29, 0.717) is 10.2 Å². The lowest BCUT2D eigenvalue weighted by Gasteiger charge is -2.23. The molecule has 0 bridgehead atoms. The van der Waals surface area contributed by atoms with Crippen LogP contribution in [-0.4, -0.2) is 28.1 Å². The van der Waals surface area contributed by atoms with Crippen molar-refractivity contribution in [3.8, 4) is 0 Å². The van der Waals surface area contributed by atoms with E-state index in [1.807, 2.05) is 24.4 Å². The van der Waals surface area contributed by atoms with Crippen molar-refractivity contribution >= 4 is 33.2 Å². The Morgan fingerprint density at radius 3 is 2.94 bits per heavy atom. The van der Waals surface area contributed by atoms with Gasteiger partial charge in [-0.2, -0.15) is 5.10 Å². The molecule has 0 aliphatic rings. The first kappa shape index (κ1) is 12.3. The van der Waals surface area contributed by atoms with Gasteiger partial charge < -0.3 is 4.90 Å². The maximum absolute atomic E-state index is 12.2. The molecular formula is C11H12BrN3OS. The first-order chi connectivity index (χ1) is 8.11. The van der Waals surface area contributed by atoms with Crippen LogP contribution in [0, 0.1) is 0 Å². The summed E-state index contributed by atoms with van der Waals surface area (Å²) in [5.41, 5.74) is 0.482. The number of hydrogen-bond donors (Lipinski definition) is 1. The summed E-state index contributed by atoms with van der Waals surface area (Å²) < 4.78 is 0.688. The van der Waals surface area contributed by atoms with Crippen LogP contribution in [0.1, 0.15) is 28.3 Å². The molecule has 4 nitrogen and oxygen atoms in total. The van der Waals surface area contributed by atoms with E-state index in [4.69, 9.17) is 0 Å². The molecule has 0 aromatic carbocycles. The Balaban J connectivity index is 2.18. The third-order valence-corrected chi connectivity index (χ3v) is 4.31. The smallest absolute Gasteiger partial charge is 0.273 e. The molecule has 2 rings (SSSR count). The van der Waals surface area contributed by atoms with E-state index in [1.165, 1.54) is 0 Å². The minimum Gasteiger partial charge on any atom is -0.333 e. The van der Waals surface area contributed by atoms with Crippen molar-refractivity contribution in [1.29, 1.82) is 0 Å². The number of thiophene rings is 1. The number of aromatic nitrogens is 2. The van der Waals surface area contributed by atoms with Gasteiger partial charge >= 0.3 is 0 Å². The van der Waals surface area contributed by atoms with Crippen LogP contribution < -0.4 is 0 Å². The van der Waals surface area contributed by atoms with Crippen molar-refractivity contribution in [2.45, 2.75) is 13.0 Å². The minimum absolute atomic E-state index is 0.0534. The first-order valence-corrected chi connectivity index (χ1v) is 6.78. The summed E-state index contributed by atoms with van der Waals surface area (Å²) in [6.45, 7) is 2.01. The van der Waals surface area contributed by atoms with Gasteiger partial charge in [0, 0.05) is 11.9 Å². The molecule has 1 amide bonds. The van der Waals surface area contributed by atoms with E-state index in [9.17, 15) is 4.79 Å². The summed E-state index contributed by atoms with van der Waals surface area (Å²) in [5.74, 6) is -0.0738. The van der Waals surface area contributed by atoms with Crippen LogP contribution in [0.5, 0.6) is 0 Å². The van der Waals surface area contributed by atoms with E-state index >= 15 is 0 Å². The zero-order valence-corrected chi connectivity index (χ0v) is 11.9. The average molecular weight is 314 g/mol. The van der Waals surface area contributed by atoms with E-state index in [0.717, 1.165) is 4.88 Å². The van der Waals surface area contributed by atoms with Gasteiger partial charge in [0.05, 0.1) is 16.7 Å². The van der Waals surface area contributed by atoms with E-state index in [1.54, 1.807) is 29.5 Å². The molecule has 0 aliphatic heterocycles. The number of aromatic amines is 1. The first-order valence-electron chi connectivity index (χ1n) is 5.10. The number of hydrogen-bond acceptors (Lipinski definition) is 3. The Labute approximate surface area is 112 Å². The lowest BCUT2D eigenvalue weighted by molar-refractivity contribution is 0.0738. The van der Waals surface area contributed by atoms with Crippen molar-refractivity contribution in [1.82, 2.24) is 15.1 Å². The maximum Gasteiger partial charge on any atom is 0.273 e. The lowest BCUT2D eigenvalue weighted by Crippen LogP contribution is -2.29. The Morgan fingerprint density at radius 1 is 1.65 bits per heavy atom. The summed E-state index contributed by atoms with van der Waals surface area (Å²) >= 11 is 4.94. The van der Waals surface area contributed by atoms with Crippen LogP contribution in [0.15, 0.2) is 28.2 Å². The molecule has 0 aliphatic carbocycles. The number of halogens is 1. The second-order valence-corrected chi connectivity index (χ2v) is 5.53. The number of carbonyl (C=O) groups excluding carboxylic acids is 1. The fourth-order valence-electron chi connectivity index (χ4n) is 1.49. The van der Waals surface area contributed by atoms with Gasteiger partial charge in [0.15, 0.2) is 0 Å². The fourth-order valence-corrected chi connectivity index (χ4v) is 2.68. The second-order valence-electron chi connectivity index (χ2n) is 3.70. The van der Waals surface area contributed by atoms with Crippen molar-refractivity contribution < 1.29 is 4.79 Å². The number of rotatable bonds is 3. The Morgan fingerprint density at radius 2 is 2.41 bits per heavy atom. The summed E-state index contributed by atoms with van der Waals surface area (Å²) in [5, 5.41) is 8.54. The van der Waals surface area contributed by atoms with Crippen molar-refractivity contribution in [3.63, 3.8) is 0 Å². The van der Waals surface area contributed by atoms with Gasteiger partial charge in [0.1, 0.15) is 5.69 Å². The molecule has 1 N–H and O–H groups in total. The molecule has 1 atom stereocenters. The highest BCUT2D eigenvalue weighted by atomic mass is 79.9. The van der Waals surface area contributed by atoms with Gasteiger partial charge in [-0.15, -0.1) is 11.3 Å². The van der Waals surface area contributed by atoms with Crippen LogP contribution >= 0.6 is 27.3 Å². The molecule has 0 radical (unpaired) electrons. The predicted molar refractivity (Wildman–Crippen MR) is 71.1 cm³/mol. The zero-order valence-electron chi connectivity index (χ0n) is 9.48. The molecule has 0 saturated heterocycles. The maximum atomic E-state index is 12.2. The Kier molecular flexibility index (Phi) is 3.63. The quantitative estimate of drug-likeness (QED) is 0.946. The SMILES string of the molecule is CC(c1cccs1)N(C)C(=O)c1[nH]ncc1Br. The molecule has 1 unspecified atom stereocenters. The molecule has 90 valence electrons. The Bertz CT molecular complexity index is 509. The molecular weight excluding hydrogens is 302 g/mol. The topological polar surface area (TPSA) is 49.0 Å².